The van der Waals surface area contributed by atoms with Crippen LogP contribution >= 0.6 is 0 Å². The van der Waals surface area contributed by atoms with E-state index in [1.54, 1.807) is 6.92 Å². The number of aromatic amines is 1. The molecule has 0 saturated carbocycles. The maximum absolute atomic E-state index is 11.8. The number of hydrogen-bond donors (Lipinski definition) is 3. The Bertz CT molecular complexity index is 491. The van der Waals surface area contributed by atoms with Crippen molar-refractivity contribution in [2.75, 3.05) is 17.8 Å². The molecule has 0 bridgehead atoms. The molecule has 17 heavy (non-hydrogen) atoms. The lowest BCUT2D eigenvalue weighted by atomic mass is 10.5. The van der Waals surface area contributed by atoms with Crippen molar-refractivity contribution in [3.8, 4) is 0 Å². The fourth-order valence-corrected chi connectivity index (χ4v) is 2.05. The van der Waals surface area contributed by atoms with Crippen molar-refractivity contribution >= 4 is 15.8 Å². The van der Waals surface area contributed by atoms with Crippen LogP contribution in [0.2, 0.25) is 0 Å². The molecule has 1 aromatic heterocycles. The molecule has 0 aliphatic rings. The lowest BCUT2D eigenvalue weighted by Gasteiger charge is -2.13. The molecule has 1 atom stereocenters. The Morgan fingerprint density at radius 1 is 1.47 bits per heavy atom. The minimum atomic E-state index is -3.50. The second kappa shape index (κ2) is 5.78. The molecule has 1 aromatic rings. The fraction of sp³-hybridized carbons (Fsp3) is 0.556. The first-order valence-corrected chi connectivity index (χ1v) is 6.78. The summed E-state index contributed by atoms with van der Waals surface area (Å²) in [6.45, 7) is 4.55. The highest BCUT2D eigenvalue weighted by Crippen LogP contribution is 2.06. The summed E-state index contributed by atoms with van der Waals surface area (Å²) in [6.07, 6.45) is 0. The van der Waals surface area contributed by atoms with Crippen molar-refractivity contribution in [2.24, 2.45) is 0 Å². The van der Waals surface area contributed by atoms with Crippen molar-refractivity contribution in [3.05, 3.63) is 22.5 Å². The van der Waals surface area contributed by atoms with E-state index in [1.165, 1.54) is 12.1 Å². The lowest BCUT2D eigenvalue weighted by Crippen LogP contribution is -2.35. The number of sulfonamides is 1. The summed E-state index contributed by atoms with van der Waals surface area (Å²) in [7, 11) is -3.50. The van der Waals surface area contributed by atoms with Gasteiger partial charge in [0.25, 0.3) is 5.56 Å². The van der Waals surface area contributed by atoms with E-state index >= 15 is 0 Å². The number of aromatic nitrogens is 2. The van der Waals surface area contributed by atoms with Gasteiger partial charge in [0.05, 0.1) is 5.25 Å². The van der Waals surface area contributed by atoms with E-state index in [4.69, 9.17) is 0 Å². The van der Waals surface area contributed by atoms with Crippen molar-refractivity contribution in [2.45, 2.75) is 19.1 Å². The third-order valence-corrected chi connectivity index (χ3v) is 3.86. The van der Waals surface area contributed by atoms with E-state index in [0.717, 1.165) is 0 Å². The van der Waals surface area contributed by atoms with Crippen LogP contribution in [-0.4, -0.2) is 37.0 Å². The second-order valence-corrected chi connectivity index (χ2v) is 5.67. The van der Waals surface area contributed by atoms with Gasteiger partial charge < -0.3 is 5.32 Å². The van der Waals surface area contributed by atoms with Gasteiger partial charge >= 0.3 is 0 Å². The predicted octanol–water partition coefficient (Wildman–Crippen LogP) is -0.490. The van der Waals surface area contributed by atoms with Crippen molar-refractivity contribution < 1.29 is 8.42 Å². The van der Waals surface area contributed by atoms with Crippen LogP contribution in [0, 0.1) is 0 Å². The Morgan fingerprint density at radius 3 is 2.71 bits per heavy atom. The third-order valence-electron chi connectivity index (χ3n) is 2.14. The average Bonchev–Trinajstić information content (AvgIpc) is 2.28. The van der Waals surface area contributed by atoms with E-state index in [-0.39, 0.29) is 11.4 Å². The van der Waals surface area contributed by atoms with Crippen molar-refractivity contribution in [3.63, 3.8) is 0 Å². The minimum absolute atomic E-state index is 0.105. The van der Waals surface area contributed by atoms with E-state index in [1.807, 2.05) is 6.92 Å². The maximum atomic E-state index is 11.8. The highest BCUT2D eigenvalue weighted by atomic mass is 32.2. The summed E-state index contributed by atoms with van der Waals surface area (Å²) < 4.78 is 25.9. The molecular weight excluding hydrogens is 244 g/mol. The molecule has 1 heterocycles. The van der Waals surface area contributed by atoms with Crippen LogP contribution in [0.4, 0.5) is 5.82 Å². The quantitative estimate of drug-likeness (QED) is 0.640. The normalized spacial score (nSPS) is 13.3. The van der Waals surface area contributed by atoms with Crippen LogP contribution in [0.15, 0.2) is 16.9 Å². The monoisotopic (exact) mass is 260 g/mol. The standard InChI is InChI=1S/C9H16N4O3S/c1-3-10-6-7(2)17(15,16)13-8-4-5-9(14)12-11-8/h4-5,7,10H,3,6H2,1-2H3,(H,11,13)(H,12,14). The minimum Gasteiger partial charge on any atom is -0.316 e. The molecule has 1 rings (SSSR count). The number of H-pyrrole nitrogens is 1. The molecule has 0 aliphatic heterocycles. The zero-order valence-corrected chi connectivity index (χ0v) is 10.5. The number of anilines is 1. The predicted molar refractivity (Wildman–Crippen MR) is 65.4 cm³/mol. The van der Waals surface area contributed by atoms with Gasteiger partial charge in [-0.1, -0.05) is 6.92 Å². The molecule has 3 N–H and O–H groups in total. The smallest absolute Gasteiger partial charge is 0.264 e. The summed E-state index contributed by atoms with van der Waals surface area (Å²) in [5.41, 5.74) is -0.381. The van der Waals surface area contributed by atoms with Gasteiger partial charge in [-0.3, -0.25) is 9.52 Å². The second-order valence-electron chi connectivity index (χ2n) is 3.57. The van der Waals surface area contributed by atoms with Gasteiger partial charge in [-0.05, 0) is 19.5 Å². The van der Waals surface area contributed by atoms with Crippen molar-refractivity contribution in [1.82, 2.24) is 15.5 Å². The Hall–Kier alpha value is -1.41. The zero-order chi connectivity index (χ0) is 12.9. The van der Waals surface area contributed by atoms with E-state index in [2.05, 4.69) is 20.2 Å². The van der Waals surface area contributed by atoms with E-state index in [9.17, 15) is 13.2 Å². The van der Waals surface area contributed by atoms with Crippen molar-refractivity contribution in [1.29, 1.82) is 0 Å². The molecule has 1 unspecified atom stereocenters. The molecule has 0 saturated heterocycles. The van der Waals surface area contributed by atoms with Gasteiger partial charge in [0.15, 0.2) is 5.82 Å². The van der Waals surface area contributed by atoms with Gasteiger partial charge in [-0.2, -0.15) is 5.10 Å². The Labute approximate surface area is 99.7 Å². The molecule has 7 nitrogen and oxygen atoms in total. The van der Waals surface area contributed by atoms with Gasteiger partial charge in [-0.25, -0.2) is 13.5 Å². The Morgan fingerprint density at radius 2 is 2.18 bits per heavy atom. The molecule has 0 radical (unpaired) electrons. The molecular formula is C9H16N4O3S. The maximum Gasteiger partial charge on any atom is 0.264 e. The van der Waals surface area contributed by atoms with E-state index in [0.29, 0.717) is 13.1 Å². The van der Waals surface area contributed by atoms with Crippen LogP contribution in [0.3, 0.4) is 0 Å². The number of hydrogen-bond acceptors (Lipinski definition) is 5. The van der Waals surface area contributed by atoms with Gasteiger partial charge in [0, 0.05) is 12.6 Å². The summed E-state index contributed by atoms with van der Waals surface area (Å²) in [5.74, 6) is 0.105. The Balaban J connectivity index is 2.72. The molecule has 0 fully saturated rings. The highest BCUT2D eigenvalue weighted by Gasteiger charge is 2.20. The zero-order valence-electron chi connectivity index (χ0n) is 9.73. The molecule has 0 spiro atoms. The van der Waals surface area contributed by atoms with Crippen LogP contribution in [-0.2, 0) is 10.0 Å². The number of nitrogens with one attached hydrogen (secondary N) is 3. The topological polar surface area (TPSA) is 104 Å². The summed E-state index contributed by atoms with van der Waals surface area (Å²) in [4.78, 5) is 10.8. The molecule has 0 amide bonds. The lowest BCUT2D eigenvalue weighted by molar-refractivity contribution is 0.579. The van der Waals surface area contributed by atoms with Gasteiger partial charge in [-0.15, -0.1) is 0 Å². The Kier molecular flexibility index (Phi) is 4.64. The first-order chi connectivity index (χ1) is 7.95. The first-order valence-electron chi connectivity index (χ1n) is 5.23. The van der Waals surface area contributed by atoms with Crippen LogP contribution in [0.5, 0.6) is 0 Å². The molecule has 8 heteroatoms. The summed E-state index contributed by atoms with van der Waals surface area (Å²) in [5, 5.41) is 8.10. The van der Waals surface area contributed by atoms with Gasteiger partial charge in [0.1, 0.15) is 0 Å². The van der Waals surface area contributed by atoms with E-state index < -0.39 is 15.3 Å². The first kappa shape index (κ1) is 13.7. The third kappa shape index (κ3) is 4.16. The molecule has 96 valence electrons. The summed E-state index contributed by atoms with van der Waals surface area (Å²) >= 11 is 0. The average molecular weight is 260 g/mol. The number of rotatable bonds is 6. The SMILES string of the molecule is CCNCC(C)S(=O)(=O)Nc1ccc(=O)[nH]n1. The highest BCUT2D eigenvalue weighted by molar-refractivity contribution is 7.93. The van der Waals surface area contributed by atoms with Crippen LogP contribution in [0.1, 0.15) is 13.8 Å². The molecule has 0 aromatic carbocycles. The fourth-order valence-electron chi connectivity index (χ4n) is 1.10. The van der Waals surface area contributed by atoms with Crippen LogP contribution in [0.25, 0.3) is 0 Å². The summed E-state index contributed by atoms with van der Waals surface area (Å²) in [6, 6.07) is 2.52. The largest absolute Gasteiger partial charge is 0.316 e. The molecule has 0 aliphatic carbocycles. The number of nitrogens with zero attached hydrogens (tertiary/aromatic N) is 1. The van der Waals surface area contributed by atoms with Gasteiger partial charge in [0.2, 0.25) is 10.0 Å². The van der Waals surface area contributed by atoms with Crippen LogP contribution < -0.4 is 15.6 Å².